The summed E-state index contributed by atoms with van der Waals surface area (Å²) in [6.45, 7) is 4.70. The maximum atomic E-state index is 13.1. The molecule has 1 aliphatic heterocycles. The van der Waals surface area contributed by atoms with E-state index in [0.29, 0.717) is 61.0 Å². The van der Waals surface area contributed by atoms with Gasteiger partial charge in [0.2, 0.25) is 5.78 Å². The number of rotatable bonds is 9. The maximum absolute atomic E-state index is 13.1. The molecule has 0 spiro atoms. The van der Waals surface area contributed by atoms with E-state index in [2.05, 4.69) is 0 Å². The summed E-state index contributed by atoms with van der Waals surface area (Å²) in [6.07, 6.45) is 1.59. The number of nitrogens with one attached hydrogen (secondary N) is 1. The molecule has 0 unspecified atom stereocenters. The highest BCUT2D eigenvalue weighted by atomic mass is 16.5. The van der Waals surface area contributed by atoms with Crippen molar-refractivity contribution < 1.29 is 33.4 Å². The van der Waals surface area contributed by atoms with Crippen LogP contribution in [0.3, 0.4) is 0 Å². The van der Waals surface area contributed by atoms with E-state index in [9.17, 15) is 9.90 Å². The minimum atomic E-state index is -0.241. The van der Waals surface area contributed by atoms with Crippen molar-refractivity contribution >= 4 is 22.8 Å². The lowest BCUT2D eigenvalue weighted by molar-refractivity contribution is -0.914. The third kappa shape index (κ3) is 4.41. The molecule has 1 aliphatic rings. The Bertz CT molecular complexity index is 1120. The molecular weight excluding hydrogens is 410 g/mol. The highest BCUT2D eigenvalue weighted by Crippen LogP contribution is 2.40. The number of quaternary nitrogens is 1. The normalized spacial score (nSPS) is 14.5. The van der Waals surface area contributed by atoms with Gasteiger partial charge in [0.25, 0.3) is 0 Å². The third-order valence-electron chi connectivity index (χ3n) is 5.67. The molecule has 4 rings (SSSR count). The Morgan fingerprint density at radius 2 is 1.81 bits per heavy atom. The Morgan fingerprint density at radius 3 is 2.50 bits per heavy atom. The van der Waals surface area contributed by atoms with Gasteiger partial charge in [-0.3, -0.25) is 4.79 Å². The zero-order valence-electron chi connectivity index (χ0n) is 18.5. The van der Waals surface area contributed by atoms with Crippen LogP contribution in [0.25, 0.3) is 17.0 Å². The first-order chi connectivity index (χ1) is 15.5. The van der Waals surface area contributed by atoms with Crippen LogP contribution in [0.5, 0.6) is 11.5 Å². The van der Waals surface area contributed by atoms with Gasteiger partial charge in [0.05, 0.1) is 18.8 Å². The van der Waals surface area contributed by atoms with E-state index in [1.807, 2.05) is 30.3 Å². The molecule has 0 saturated heterocycles. The summed E-state index contributed by atoms with van der Waals surface area (Å²) in [7, 11) is 3.29. The number of fused-ring (bicyclic) bond motifs is 2. The summed E-state index contributed by atoms with van der Waals surface area (Å²) in [5, 5.41) is 13.8. The summed E-state index contributed by atoms with van der Waals surface area (Å²) in [5.74, 6) is 0.663. The minimum absolute atomic E-state index is 0.133. The van der Waals surface area contributed by atoms with Gasteiger partial charge in [0.15, 0.2) is 5.76 Å². The molecule has 2 heterocycles. The van der Waals surface area contributed by atoms with E-state index in [4.69, 9.17) is 18.6 Å². The Labute approximate surface area is 186 Å². The number of hydrogen-bond donors (Lipinski definition) is 1. The van der Waals surface area contributed by atoms with Gasteiger partial charge >= 0.3 is 0 Å². The number of para-hydroxylation sites is 1. The van der Waals surface area contributed by atoms with Crippen molar-refractivity contribution in [1.29, 1.82) is 0 Å². The fourth-order valence-corrected chi connectivity index (χ4v) is 3.98. The molecule has 0 fully saturated rings. The second-order valence-corrected chi connectivity index (χ2v) is 7.91. The SMILES string of the molecule is COCC[NH+](CCOC)Cc1c([O-])cc(C)c2c1OC(=Cc1cc3ccccc3o1)C2=O. The smallest absolute Gasteiger partial charge is 0.232 e. The molecule has 2 aromatic carbocycles. The van der Waals surface area contributed by atoms with Crippen LogP contribution in [0.15, 0.2) is 46.6 Å². The first-order valence-corrected chi connectivity index (χ1v) is 10.6. The molecular formula is C25H27NO6. The summed E-state index contributed by atoms with van der Waals surface area (Å²) in [6, 6.07) is 11.0. The van der Waals surface area contributed by atoms with Crippen molar-refractivity contribution in [3.05, 3.63) is 64.6 Å². The van der Waals surface area contributed by atoms with E-state index in [-0.39, 0.29) is 17.3 Å². The first-order valence-electron chi connectivity index (χ1n) is 10.6. The number of methoxy groups -OCH3 is 2. The summed E-state index contributed by atoms with van der Waals surface area (Å²) in [4.78, 5) is 14.3. The average Bonchev–Trinajstić information content (AvgIpc) is 3.33. The lowest BCUT2D eigenvalue weighted by atomic mass is 9.99. The van der Waals surface area contributed by atoms with E-state index in [0.717, 1.165) is 15.9 Å². The highest BCUT2D eigenvalue weighted by Gasteiger charge is 2.33. The standard InChI is InChI=1S/C25H27NO6/c1-16-12-20(27)19(15-26(8-10-29-2)9-11-30-3)25-23(16)24(28)22(32-25)14-18-13-17-6-4-5-7-21(17)31-18/h4-7,12-14,27H,8-11,15H2,1-3H3. The van der Waals surface area contributed by atoms with Crippen LogP contribution >= 0.6 is 0 Å². The lowest BCUT2D eigenvalue weighted by Crippen LogP contribution is -3.11. The van der Waals surface area contributed by atoms with E-state index in [1.165, 1.54) is 6.07 Å². The predicted molar refractivity (Wildman–Crippen MR) is 118 cm³/mol. The Hall–Kier alpha value is -3.13. The fourth-order valence-electron chi connectivity index (χ4n) is 3.98. The van der Waals surface area contributed by atoms with Crippen LogP contribution in [-0.4, -0.2) is 46.3 Å². The van der Waals surface area contributed by atoms with Gasteiger partial charge in [-0.1, -0.05) is 30.0 Å². The molecule has 1 aromatic heterocycles. The summed E-state index contributed by atoms with van der Waals surface area (Å²) in [5.41, 5.74) is 2.28. The molecule has 0 amide bonds. The maximum Gasteiger partial charge on any atom is 0.232 e. The lowest BCUT2D eigenvalue weighted by Gasteiger charge is -2.24. The van der Waals surface area contributed by atoms with Gasteiger partial charge in [0.1, 0.15) is 36.7 Å². The molecule has 1 N–H and O–H groups in total. The zero-order chi connectivity index (χ0) is 22.7. The number of ketones is 1. The molecule has 7 nitrogen and oxygen atoms in total. The quantitative estimate of drug-likeness (QED) is 0.516. The number of ether oxygens (including phenoxy) is 3. The largest absolute Gasteiger partial charge is 0.872 e. The number of allylic oxidation sites excluding steroid dienone is 1. The fraction of sp³-hybridized carbons (Fsp3) is 0.320. The molecule has 0 aliphatic carbocycles. The second-order valence-electron chi connectivity index (χ2n) is 7.91. The van der Waals surface area contributed by atoms with Gasteiger partial charge in [-0.2, -0.15) is 0 Å². The Kier molecular flexibility index (Phi) is 6.60. The summed E-state index contributed by atoms with van der Waals surface area (Å²) >= 11 is 0. The number of hydrogen-bond acceptors (Lipinski definition) is 6. The van der Waals surface area contributed by atoms with Crippen LogP contribution in [0, 0.1) is 6.92 Å². The highest BCUT2D eigenvalue weighted by molar-refractivity contribution is 6.15. The van der Waals surface area contributed by atoms with E-state index >= 15 is 0 Å². The van der Waals surface area contributed by atoms with Crippen molar-refractivity contribution in [2.75, 3.05) is 40.5 Å². The number of benzene rings is 2. The average molecular weight is 437 g/mol. The molecule has 3 aromatic rings. The van der Waals surface area contributed by atoms with Gasteiger partial charge < -0.3 is 28.6 Å². The van der Waals surface area contributed by atoms with Gasteiger partial charge in [-0.25, -0.2) is 0 Å². The predicted octanol–water partition coefficient (Wildman–Crippen LogP) is 2.11. The number of carbonyl (C=O) groups is 1. The van der Waals surface area contributed by atoms with E-state index in [1.54, 1.807) is 27.2 Å². The van der Waals surface area contributed by atoms with Crippen molar-refractivity contribution in [2.45, 2.75) is 13.5 Å². The molecule has 32 heavy (non-hydrogen) atoms. The Balaban J connectivity index is 1.67. The molecule has 7 heteroatoms. The zero-order valence-corrected chi connectivity index (χ0v) is 18.5. The molecule has 0 saturated carbocycles. The van der Waals surface area contributed by atoms with Crippen molar-refractivity contribution in [2.24, 2.45) is 0 Å². The van der Waals surface area contributed by atoms with Gasteiger partial charge in [-0.15, -0.1) is 0 Å². The van der Waals surface area contributed by atoms with Gasteiger partial charge in [0, 0.05) is 31.2 Å². The number of Topliss-reactive ketones (excluding diaryl/α,β-unsaturated/α-hetero) is 1. The van der Waals surface area contributed by atoms with Crippen LogP contribution in [0.4, 0.5) is 0 Å². The second kappa shape index (κ2) is 9.56. The third-order valence-corrected chi connectivity index (χ3v) is 5.67. The van der Waals surface area contributed by atoms with Crippen LogP contribution in [0.1, 0.15) is 27.2 Å². The molecule has 168 valence electrons. The topological polar surface area (TPSA) is 85.4 Å². The van der Waals surface area contributed by atoms with Crippen molar-refractivity contribution in [1.82, 2.24) is 0 Å². The van der Waals surface area contributed by atoms with E-state index < -0.39 is 0 Å². The number of aryl methyl sites for hydroxylation is 1. The summed E-state index contributed by atoms with van der Waals surface area (Å²) < 4.78 is 22.2. The number of furan rings is 1. The minimum Gasteiger partial charge on any atom is -0.872 e. The molecule has 0 radical (unpaired) electrons. The van der Waals surface area contributed by atoms with Crippen LogP contribution < -0.4 is 14.7 Å². The first kappa shape index (κ1) is 22.1. The van der Waals surface area contributed by atoms with Crippen molar-refractivity contribution in [3.63, 3.8) is 0 Å². The van der Waals surface area contributed by atoms with Gasteiger partial charge in [-0.05, 0) is 24.6 Å². The molecule has 0 bridgehead atoms. The molecule has 0 atom stereocenters. The monoisotopic (exact) mass is 437 g/mol. The van der Waals surface area contributed by atoms with Crippen LogP contribution in [-0.2, 0) is 16.0 Å². The van der Waals surface area contributed by atoms with Crippen LogP contribution in [0.2, 0.25) is 0 Å². The van der Waals surface area contributed by atoms with Crippen molar-refractivity contribution in [3.8, 4) is 11.5 Å². The Morgan fingerprint density at radius 1 is 1.09 bits per heavy atom. The number of carbonyl (C=O) groups excluding carboxylic acids is 1.